The topological polar surface area (TPSA) is 39.4 Å². The largest absolute Gasteiger partial charge is 0.454 e. The van der Waals surface area contributed by atoms with Gasteiger partial charge in [-0.2, -0.15) is 0 Å². The Hall–Kier alpha value is -1.25. The van der Waals surface area contributed by atoms with Crippen molar-refractivity contribution in [2.75, 3.05) is 0 Å². The summed E-state index contributed by atoms with van der Waals surface area (Å²) in [5, 5.41) is 0. The summed E-state index contributed by atoms with van der Waals surface area (Å²) in [5.74, 6) is 0.635. The fourth-order valence-corrected chi connectivity index (χ4v) is 1.18. The Balaban J connectivity index is 2.83. The molecule has 0 aliphatic heterocycles. The van der Waals surface area contributed by atoms with Gasteiger partial charge in [-0.1, -0.05) is 20.8 Å². The summed E-state index contributed by atoms with van der Waals surface area (Å²) in [4.78, 5) is 11.7. The number of hydrogen-bond acceptors (Lipinski definition) is 3. The van der Waals surface area contributed by atoms with Gasteiger partial charge in [-0.05, 0) is 32.9 Å². The van der Waals surface area contributed by atoms with E-state index in [1.54, 1.807) is 6.07 Å². The van der Waals surface area contributed by atoms with E-state index in [1.165, 1.54) is 0 Å². The Morgan fingerprint density at radius 3 is 2.06 bits per heavy atom. The predicted octanol–water partition coefficient (Wildman–Crippen LogP) is 3.53. The van der Waals surface area contributed by atoms with Crippen molar-refractivity contribution in [3.05, 3.63) is 23.7 Å². The number of carbonyl (C=O) groups excluding carboxylic acids is 1. The third kappa shape index (κ3) is 3.40. The zero-order valence-corrected chi connectivity index (χ0v) is 10.9. The molecule has 0 aliphatic rings. The molecule has 0 fully saturated rings. The monoisotopic (exact) mass is 224 g/mol. The molecule has 0 atom stereocenters. The summed E-state index contributed by atoms with van der Waals surface area (Å²) in [7, 11) is 0. The SMILES string of the molecule is CC(C)(C)OC(=O)c1ccc(C(C)(C)C)o1. The van der Waals surface area contributed by atoms with Crippen molar-refractivity contribution < 1.29 is 13.9 Å². The van der Waals surface area contributed by atoms with Gasteiger partial charge in [0.05, 0.1) is 0 Å². The van der Waals surface area contributed by atoms with Crippen LogP contribution < -0.4 is 0 Å². The lowest BCUT2D eigenvalue weighted by Crippen LogP contribution is -2.23. The highest BCUT2D eigenvalue weighted by Gasteiger charge is 2.24. The number of hydrogen-bond donors (Lipinski definition) is 0. The molecule has 16 heavy (non-hydrogen) atoms. The quantitative estimate of drug-likeness (QED) is 0.685. The Kier molecular flexibility index (Phi) is 3.17. The van der Waals surface area contributed by atoms with Gasteiger partial charge in [-0.3, -0.25) is 0 Å². The number of furan rings is 1. The van der Waals surface area contributed by atoms with Crippen molar-refractivity contribution in [2.45, 2.75) is 52.6 Å². The average Bonchev–Trinajstić information content (AvgIpc) is 2.46. The minimum Gasteiger partial charge on any atom is -0.454 e. The normalized spacial score (nSPS) is 12.6. The fourth-order valence-electron chi connectivity index (χ4n) is 1.18. The number of ether oxygens (including phenoxy) is 1. The van der Waals surface area contributed by atoms with E-state index in [-0.39, 0.29) is 11.2 Å². The van der Waals surface area contributed by atoms with Gasteiger partial charge >= 0.3 is 5.97 Å². The first-order valence-electron chi connectivity index (χ1n) is 5.43. The number of esters is 1. The summed E-state index contributed by atoms with van der Waals surface area (Å²) >= 11 is 0. The van der Waals surface area contributed by atoms with Gasteiger partial charge in [0.15, 0.2) is 0 Å². The maximum absolute atomic E-state index is 11.7. The standard InChI is InChI=1S/C13H20O3/c1-12(2,3)10-8-7-9(15-10)11(14)16-13(4,5)6/h7-8H,1-6H3. The lowest BCUT2D eigenvalue weighted by atomic mass is 9.94. The van der Waals surface area contributed by atoms with E-state index in [9.17, 15) is 4.79 Å². The smallest absolute Gasteiger partial charge is 0.374 e. The van der Waals surface area contributed by atoms with Crippen LogP contribution in [0.4, 0.5) is 0 Å². The average molecular weight is 224 g/mol. The predicted molar refractivity (Wildman–Crippen MR) is 62.6 cm³/mol. The zero-order chi connectivity index (χ0) is 12.6. The zero-order valence-electron chi connectivity index (χ0n) is 10.9. The molecule has 3 heteroatoms. The maximum atomic E-state index is 11.7. The lowest BCUT2D eigenvalue weighted by molar-refractivity contribution is 0.00333. The molecule has 0 saturated carbocycles. The number of rotatable bonds is 1. The summed E-state index contributed by atoms with van der Waals surface area (Å²) < 4.78 is 10.7. The molecular formula is C13H20O3. The molecule has 0 unspecified atom stereocenters. The molecule has 1 aromatic heterocycles. The van der Waals surface area contributed by atoms with E-state index in [4.69, 9.17) is 9.15 Å². The molecular weight excluding hydrogens is 204 g/mol. The van der Waals surface area contributed by atoms with Gasteiger partial charge in [0, 0.05) is 5.41 Å². The summed E-state index contributed by atoms with van der Waals surface area (Å²) in [6.07, 6.45) is 0. The highest BCUT2D eigenvalue weighted by atomic mass is 16.6. The number of carbonyl (C=O) groups is 1. The van der Waals surface area contributed by atoms with Gasteiger partial charge in [0.2, 0.25) is 5.76 Å². The van der Waals surface area contributed by atoms with Crippen molar-refractivity contribution in [3.63, 3.8) is 0 Å². The second kappa shape index (κ2) is 3.96. The van der Waals surface area contributed by atoms with Crippen LogP contribution in [0.3, 0.4) is 0 Å². The van der Waals surface area contributed by atoms with E-state index >= 15 is 0 Å². The molecule has 0 saturated heterocycles. The van der Waals surface area contributed by atoms with Crippen LogP contribution in [0.15, 0.2) is 16.5 Å². The Morgan fingerprint density at radius 1 is 1.12 bits per heavy atom. The van der Waals surface area contributed by atoms with E-state index in [1.807, 2.05) is 47.6 Å². The molecule has 1 heterocycles. The minimum absolute atomic E-state index is 0.0970. The lowest BCUT2D eigenvalue weighted by Gasteiger charge is -2.18. The molecule has 3 nitrogen and oxygen atoms in total. The molecule has 1 aromatic rings. The first-order valence-corrected chi connectivity index (χ1v) is 5.43. The third-order valence-corrected chi connectivity index (χ3v) is 1.95. The highest BCUT2D eigenvalue weighted by Crippen LogP contribution is 2.25. The Bertz CT molecular complexity index is 375. The molecule has 0 aliphatic carbocycles. The van der Waals surface area contributed by atoms with Crippen LogP contribution in [0.25, 0.3) is 0 Å². The van der Waals surface area contributed by atoms with Gasteiger partial charge < -0.3 is 9.15 Å². The molecule has 0 aromatic carbocycles. The molecule has 0 radical (unpaired) electrons. The summed E-state index contributed by atoms with van der Waals surface area (Å²) in [5.41, 5.74) is -0.591. The summed E-state index contributed by atoms with van der Waals surface area (Å²) in [6, 6.07) is 3.48. The van der Waals surface area contributed by atoms with E-state index < -0.39 is 11.6 Å². The Morgan fingerprint density at radius 2 is 1.69 bits per heavy atom. The van der Waals surface area contributed by atoms with Crippen molar-refractivity contribution in [1.82, 2.24) is 0 Å². The molecule has 0 spiro atoms. The van der Waals surface area contributed by atoms with Gasteiger partial charge in [-0.25, -0.2) is 4.79 Å². The molecule has 90 valence electrons. The van der Waals surface area contributed by atoms with Gasteiger partial charge in [-0.15, -0.1) is 0 Å². The molecule has 0 N–H and O–H groups in total. The second-order valence-electron chi connectivity index (χ2n) is 5.92. The van der Waals surface area contributed by atoms with Crippen LogP contribution in [0.2, 0.25) is 0 Å². The fraction of sp³-hybridized carbons (Fsp3) is 0.615. The van der Waals surface area contributed by atoms with Gasteiger partial charge in [0.25, 0.3) is 0 Å². The maximum Gasteiger partial charge on any atom is 0.374 e. The van der Waals surface area contributed by atoms with Crippen LogP contribution in [-0.4, -0.2) is 11.6 Å². The Labute approximate surface area is 96.8 Å². The van der Waals surface area contributed by atoms with E-state index in [2.05, 4.69) is 0 Å². The van der Waals surface area contributed by atoms with Crippen LogP contribution in [-0.2, 0) is 10.2 Å². The molecule has 1 rings (SSSR count). The highest BCUT2D eigenvalue weighted by molar-refractivity contribution is 5.86. The van der Waals surface area contributed by atoms with E-state index in [0.29, 0.717) is 0 Å². The van der Waals surface area contributed by atoms with E-state index in [0.717, 1.165) is 5.76 Å². The minimum atomic E-state index is -0.494. The van der Waals surface area contributed by atoms with Crippen LogP contribution >= 0.6 is 0 Å². The van der Waals surface area contributed by atoms with Gasteiger partial charge in [0.1, 0.15) is 11.4 Å². The molecule has 0 amide bonds. The van der Waals surface area contributed by atoms with Crippen molar-refractivity contribution in [3.8, 4) is 0 Å². The van der Waals surface area contributed by atoms with Crippen molar-refractivity contribution in [1.29, 1.82) is 0 Å². The first kappa shape index (κ1) is 12.8. The van der Waals surface area contributed by atoms with Crippen LogP contribution in [0, 0.1) is 0 Å². The van der Waals surface area contributed by atoms with Crippen molar-refractivity contribution >= 4 is 5.97 Å². The summed E-state index contributed by atoms with van der Waals surface area (Å²) in [6.45, 7) is 11.6. The van der Waals surface area contributed by atoms with Crippen LogP contribution in [0.5, 0.6) is 0 Å². The second-order valence-corrected chi connectivity index (χ2v) is 5.92. The molecule has 0 bridgehead atoms. The van der Waals surface area contributed by atoms with Crippen LogP contribution in [0.1, 0.15) is 57.9 Å². The van der Waals surface area contributed by atoms with Crippen molar-refractivity contribution in [2.24, 2.45) is 0 Å². The third-order valence-electron chi connectivity index (χ3n) is 1.95. The first-order chi connectivity index (χ1) is 7.09.